The first-order valence-corrected chi connectivity index (χ1v) is 0.651. The van der Waals surface area contributed by atoms with E-state index in [1.807, 2.05) is 0 Å². The Hall–Kier alpha value is 0.789. The van der Waals surface area contributed by atoms with Crippen molar-refractivity contribution in [2.45, 2.75) is 0 Å². The van der Waals surface area contributed by atoms with Crippen LogP contribution in [0.3, 0.4) is 0 Å². The molecule has 3 nitrogen and oxygen atoms in total. The molecule has 37 valence electrons. The SMILES string of the molecule is O=C(O)O.[Cu].[H-].[Na+]. The van der Waals surface area contributed by atoms with Gasteiger partial charge in [-0.15, -0.1) is 0 Å². The van der Waals surface area contributed by atoms with E-state index < -0.39 is 6.16 Å². The molecule has 0 aliphatic rings. The van der Waals surface area contributed by atoms with Crippen LogP contribution in [0.4, 0.5) is 4.79 Å². The topological polar surface area (TPSA) is 57.5 Å². The van der Waals surface area contributed by atoms with Crippen molar-refractivity contribution >= 4 is 6.16 Å². The molecule has 0 aromatic carbocycles. The van der Waals surface area contributed by atoms with Gasteiger partial charge in [0.05, 0.1) is 0 Å². The van der Waals surface area contributed by atoms with E-state index in [9.17, 15) is 0 Å². The number of hydrogen-bond donors (Lipinski definition) is 2. The Morgan fingerprint density at radius 1 is 1.50 bits per heavy atom. The minimum Gasteiger partial charge on any atom is -1.00 e. The van der Waals surface area contributed by atoms with Gasteiger partial charge < -0.3 is 11.6 Å². The molecule has 0 atom stereocenters. The van der Waals surface area contributed by atoms with Gasteiger partial charge in [0.1, 0.15) is 0 Å². The van der Waals surface area contributed by atoms with Gasteiger partial charge in [0.15, 0.2) is 0 Å². The van der Waals surface area contributed by atoms with E-state index in [0.717, 1.165) is 0 Å². The van der Waals surface area contributed by atoms with Gasteiger partial charge in [-0.2, -0.15) is 0 Å². The molecule has 0 amide bonds. The maximum Gasteiger partial charge on any atom is 1.00 e. The number of rotatable bonds is 0. The zero-order valence-electron chi connectivity index (χ0n) is 4.10. The third-order valence-electron chi connectivity index (χ3n) is 0. The van der Waals surface area contributed by atoms with E-state index in [1.54, 1.807) is 0 Å². The quantitative estimate of drug-likeness (QED) is 0.370. The molecule has 0 saturated heterocycles. The zero-order valence-corrected chi connectivity index (χ0v) is 6.05. The summed E-state index contributed by atoms with van der Waals surface area (Å²) in [5.41, 5.74) is 0. The van der Waals surface area contributed by atoms with Crippen molar-refractivity contribution < 1.29 is 63.1 Å². The van der Waals surface area contributed by atoms with E-state index in [2.05, 4.69) is 0 Å². The van der Waals surface area contributed by atoms with Crippen molar-refractivity contribution in [3.8, 4) is 0 Å². The molecule has 0 rings (SSSR count). The maximum atomic E-state index is 8.56. The first-order chi connectivity index (χ1) is 1.73. The summed E-state index contributed by atoms with van der Waals surface area (Å²) in [4.78, 5) is 8.56. The van der Waals surface area contributed by atoms with E-state index >= 15 is 0 Å². The van der Waals surface area contributed by atoms with Crippen molar-refractivity contribution in [1.29, 1.82) is 0 Å². The Morgan fingerprint density at radius 2 is 1.50 bits per heavy atom. The molecule has 0 spiro atoms. The van der Waals surface area contributed by atoms with Crippen LogP contribution in [0.5, 0.6) is 0 Å². The number of carbonyl (C=O) groups is 1. The Balaban J connectivity index is -0.0000000150. The minimum absolute atomic E-state index is 0. The van der Waals surface area contributed by atoms with E-state index in [4.69, 9.17) is 15.0 Å². The second-order valence-corrected chi connectivity index (χ2v) is 0.283. The summed E-state index contributed by atoms with van der Waals surface area (Å²) >= 11 is 0. The Labute approximate surface area is 69.0 Å². The van der Waals surface area contributed by atoms with Crippen molar-refractivity contribution in [1.82, 2.24) is 0 Å². The molecule has 2 N–H and O–H groups in total. The summed E-state index contributed by atoms with van der Waals surface area (Å²) in [6.07, 6.45) is -1.83. The Bertz CT molecular complexity index is 37.9. The monoisotopic (exact) mass is 149 g/mol. The van der Waals surface area contributed by atoms with Gasteiger partial charge in [-0.25, -0.2) is 4.79 Å². The maximum absolute atomic E-state index is 8.56. The summed E-state index contributed by atoms with van der Waals surface area (Å²) in [5.74, 6) is 0. The smallest absolute Gasteiger partial charge is 1.00 e. The fraction of sp³-hybridized carbons (Fsp3) is 0. The van der Waals surface area contributed by atoms with Gasteiger partial charge in [-0.3, -0.25) is 0 Å². The summed E-state index contributed by atoms with van der Waals surface area (Å²) in [6, 6.07) is 0. The molecule has 0 aliphatic carbocycles. The fourth-order valence-corrected chi connectivity index (χ4v) is 0. The van der Waals surface area contributed by atoms with Crippen molar-refractivity contribution in [3.63, 3.8) is 0 Å². The predicted molar refractivity (Wildman–Crippen MR) is 11.8 cm³/mol. The van der Waals surface area contributed by atoms with E-state index in [-0.39, 0.29) is 48.1 Å². The standard InChI is InChI=1S/CH2O3.Cu.Na.H/c2-1(3)4;;;/h(H2,2,3,4);;;/q;;+1;-1. The van der Waals surface area contributed by atoms with Gasteiger partial charge in [0.2, 0.25) is 0 Å². The average molecular weight is 150 g/mol. The number of carboxylic acid groups (broad SMARTS) is 2. The Morgan fingerprint density at radius 3 is 1.50 bits per heavy atom. The van der Waals surface area contributed by atoms with Crippen molar-refractivity contribution in [3.05, 3.63) is 0 Å². The molecule has 5 heteroatoms. The Kier molecular flexibility index (Phi) is 24.4. The minimum atomic E-state index is -1.83. The van der Waals surface area contributed by atoms with Crippen LogP contribution in [-0.2, 0) is 17.1 Å². The summed E-state index contributed by atoms with van der Waals surface area (Å²) < 4.78 is 0. The molecule has 0 bridgehead atoms. The predicted octanol–water partition coefficient (Wildman–Crippen LogP) is -2.66. The third kappa shape index (κ3) is 110. The molecule has 6 heavy (non-hydrogen) atoms. The van der Waals surface area contributed by atoms with Crippen LogP contribution < -0.4 is 29.6 Å². The van der Waals surface area contributed by atoms with Gasteiger partial charge >= 0.3 is 35.7 Å². The molecule has 0 unspecified atom stereocenters. The van der Waals surface area contributed by atoms with Crippen LogP contribution in [0.1, 0.15) is 1.43 Å². The summed E-state index contributed by atoms with van der Waals surface area (Å²) in [6.45, 7) is 0. The third-order valence-corrected chi connectivity index (χ3v) is 0. The molecule has 0 saturated carbocycles. The second-order valence-electron chi connectivity index (χ2n) is 0.283. The van der Waals surface area contributed by atoms with Crippen LogP contribution in [0.2, 0.25) is 0 Å². The van der Waals surface area contributed by atoms with Gasteiger partial charge in [-0.1, -0.05) is 0 Å². The van der Waals surface area contributed by atoms with E-state index in [0.29, 0.717) is 0 Å². The number of hydrogen-bond acceptors (Lipinski definition) is 1. The molecule has 0 aromatic rings. The first-order valence-electron chi connectivity index (χ1n) is 0.651. The largest absolute Gasteiger partial charge is 1.00 e. The van der Waals surface area contributed by atoms with Gasteiger partial charge in [0.25, 0.3) is 0 Å². The first kappa shape index (κ1) is 15.8. The van der Waals surface area contributed by atoms with Crippen LogP contribution >= 0.6 is 0 Å². The van der Waals surface area contributed by atoms with Crippen LogP contribution in [-0.4, -0.2) is 16.4 Å². The van der Waals surface area contributed by atoms with Crippen molar-refractivity contribution in [2.75, 3.05) is 0 Å². The molecular weight excluding hydrogens is 147 g/mol. The zero-order chi connectivity index (χ0) is 3.58. The van der Waals surface area contributed by atoms with E-state index in [1.165, 1.54) is 0 Å². The van der Waals surface area contributed by atoms with Crippen molar-refractivity contribution in [2.24, 2.45) is 0 Å². The van der Waals surface area contributed by atoms with Crippen LogP contribution in [0.25, 0.3) is 0 Å². The summed E-state index contributed by atoms with van der Waals surface area (Å²) in [7, 11) is 0. The van der Waals surface area contributed by atoms with Crippen LogP contribution in [0, 0.1) is 0 Å². The van der Waals surface area contributed by atoms with Gasteiger partial charge in [-0.05, 0) is 0 Å². The molecular formula is CH3CuNaO3. The fourth-order valence-electron chi connectivity index (χ4n) is 0. The molecule has 0 aliphatic heterocycles. The van der Waals surface area contributed by atoms with Crippen LogP contribution in [0.15, 0.2) is 0 Å². The second kappa shape index (κ2) is 9.25. The molecule has 0 aromatic heterocycles. The van der Waals surface area contributed by atoms with Gasteiger partial charge in [0, 0.05) is 17.1 Å². The molecule has 0 heterocycles. The molecule has 0 fully saturated rings. The normalized spacial score (nSPS) is 4.00. The average Bonchev–Trinajstić information content (AvgIpc) is 0.811. The summed E-state index contributed by atoms with van der Waals surface area (Å²) in [5, 5.41) is 13.9. The molecule has 1 radical (unpaired) electrons.